The quantitative estimate of drug-likeness (QED) is 0.924. The van der Waals surface area contributed by atoms with Gasteiger partial charge in [0.2, 0.25) is 0 Å². The first kappa shape index (κ1) is 15.9. The lowest BCUT2D eigenvalue weighted by Crippen LogP contribution is -2.42. The van der Waals surface area contributed by atoms with E-state index in [1.54, 1.807) is 22.7 Å². The number of fused-ring (bicyclic) bond motifs is 1. The van der Waals surface area contributed by atoms with E-state index in [0.29, 0.717) is 19.0 Å². The zero-order valence-corrected chi connectivity index (χ0v) is 13.8. The fourth-order valence-electron chi connectivity index (χ4n) is 3.03. The highest BCUT2D eigenvalue weighted by molar-refractivity contribution is 7.98. The molecule has 1 saturated heterocycles. The molecule has 6 nitrogen and oxygen atoms in total. The van der Waals surface area contributed by atoms with Crippen molar-refractivity contribution in [3.05, 3.63) is 40.4 Å². The maximum atomic E-state index is 12.7. The number of carbonyl (C=O) groups excluding carboxylic acids is 1. The largest absolute Gasteiger partial charge is 0.504 e. The number of piperidine rings is 1. The van der Waals surface area contributed by atoms with Crippen molar-refractivity contribution in [2.24, 2.45) is 5.92 Å². The van der Waals surface area contributed by atoms with Crippen LogP contribution in [-0.4, -0.2) is 50.4 Å². The Morgan fingerprint density at radius 1 is 1.52 bits per heavy atom. The van der Waals surface area contributed by atoms with Crippen molar-refractivity contribution in [2.45, 2.75) is 12.8 Å². The first-order valence-corrected chi connectivity index (χ1v) is 8.98. The lowest BCUT2D eigenvalue weighted by Gasteiger charge is -2.32. The summed E-state index contributed by atoms with van der Waals surface area (Å²) in [6, 6.07) is 3.01. The Hall–Kier alpha value is -2.02. The highest BCUT2D eigenvalue weighted by Gasteiger charge is 2.26. The van der Waals surface area contributed by atoms with Gasteiger partial charge in [-0.1, -0.05) is 0 Å². The number of nitrogens with zero attached hydrogens (tertiary/aromatic N) is 3. The van der Waals surface area contributed by atoms with Crippen LogP contribution >= 0.6 is 11.8 Å². The minimum absolute atomic E-state index is 0.0536. The number of rotatable bonds is 3. The maximum Gasteiger partial charge on any atom is 0.270 e. The highest BCUT2D eigenvalue weighted by Crippen LogP contribution is 2.21. The molecule has 0 aliphatic carbocycles. The molecule has 1 N–H and O–H groups in total. The summed E-state index contributed by atoms with van der Waals surface area (Å²) < 4.78 is 1.21. The molecule has 0 aromatic carbocycles. The summed E-state index contributed by atoms with van der Waals surface area (Å²) in [4.78, 5) is 31.1. The summed E-state index contributed by atoms with van der Waals surface area (Å²) in [5.74, 6) is 1.14. The average molecular weight is 333 g/mol. The smallest absolute Gasteiger partial charge is 0.270 e. The van der Waals surface area contributed by atoms with Crippen LogP contribution < -0.4 is 5.56 Å². The van der Waals surface area contributed by atoms with E-state index in [9.17, 15) is 14.7 Å². The Balaban J connectivity index is 1.92. The van der Waals surface area contributed by atoms with Gasteiger partial charge in [-0.05, 0) is 42.9 Å². The number of aromatic hydroxyl groups is 1. The molecule has 1 fully saturated rings. The number of likely N-dealkylation sites (tertiary alicyclic amines) is 1. The third kappa shape index (κ3) is 3.06. The minimum atomic E-state index is -0.442. The molecule has 1 amide bonds. The van der Waals surface area contributed by atoms with Gasteiger partial charge in [-0.2, -0.15) is 11.8 Å². The first-order valence-electron chi connectivity index (χ1n) is 7.59. The van der Waals surface area contributed by atoms with E-state index in [2.05, 4.69) is 11.2 Å². The van der Waals surface area contributed by atoms with Gasteiger partial charge >= 0.3 is 0 Å². The van der Waals surface area contributed by atoms with E-state index in [1.165, 1.54) is 22.9 Å². The molecule has 0 radical (unpaired) electrons. The van der Waals surface area contributed by atoms with Crippen LogP contribution in [0.2, 0.25) is 0 Å². The van der Waals surface area contributed by atoms with Gasteiger partial charge in [-0.3, -0.25) is 14.0 Å². The summed E-state index contributed by atoms with van der Waals surface area (Å²) >= 11 is 1.78. The van der Waals surface area contributed by atoms with E-state index < -0.39 is 5.56 Å². The van der Waals surface area contributed by atoms with Crippen LogP contribution in [-0.2, 0) is 0 Å². The van der Waals surface area contributed by atoms with Gasteiger partial charge in [0.25, 0.3) is 11.5 Å². The van der Waals surface area contributed by atoms with E-state index in [-0.39, 0.29) is 22.9 Å². The number of pyridine rings is 1. The zero-order valence-electron chi connectivity index (χ0n) is 12.9. The number of aromatic nitrogens is 2. The van der Waals surface area contributed by atoms with Crippen molar-refractivity contribution >= 4 is 23.3 Å². The standard InChI is InChI=1S/C16H19N3O3S/c1-23-10-11-4-2-6-18(9-11)15(21)12-8-17-14-13(20)5-3-7-19(14)16(12)22/h3,5,7-8,11,20H,2,4,6,9-10H2,1H3/t11-/m1/s1. The van der Waals surface area contributed by atoms with Crippen molar-refractivity contribution in [1.29, 1.82) is 0 Å². The van der Waals surface area contributed by atoms with Gasteiger partial charge in [0.1, 0.15) is 5.56 Å². The lowest BCUT2D eigenvalue weighted by atomic mass is 9.99. The van der Waals surface area contributed by atoms with Crippen LogP contribution in [0.4, 0.5) is 0 Å². The summed E-state index contributed by atoms with van der Waals surface area (Å²) in [5.41, 5.74) is -0.228. The van der Waals surface area contributed by atoms with Gasteiger partial charge in [0.15, 0.2) is 11.4 Å². The first-order chi connectivity index (χ1) is 11.1. The molecular weight excluding hydrogens is 314 g/mol. The average Bonchev–Trinajstić information content (AvgIpc) is 2.56. The van der Waals surface area contributed by atoms with E-state index in [1.807, 2.05) is 0 Å². The fourth-order valence-corrected chi connectivity index (χ4v) is 3.77. The van der Waals surface area contributed by atoms with Crippen molar-refractivity contribution in [3.8, 4) is 5.75 Å². The molecule has 1 atom stereocenters. The van der Waals surface area contributed by atoms with Gasteiger partial charge in [-0.25, -0.2) is 4.98 Å². The highest BCUT2D eigenvalue weighted by atomic mass is 32.2. The SMILES string of the molecule is CSC[C@@H]1CCCN(C(=O)c2cnc3c(O)cccn3c2=O)C1. The second kappa shape index (κ2) is 6.62. The molecule has 0 spiro atoms. The zero-order chi connectivity index (χ0) is 16.4. The second-order valence-electron chi connectivity index (χ2n) is 5.78. The third-order valence-electron chi connectivity index (χ3n) is 4.15. The Morgan fingerprint density at radius 2 is 2.35 bits per heavy atom. The molecule has 3 rings (SSSR count). The van der Waals surface area contributed by atoms with E-state index >= 15 is 0 Å². The minimum Gasteiger partial charge on any atom is -0.504 e. The summed E-state index contributed by atoms with van der Waals surface area (Å²) in [5, 5.41) is 9.75. The molecule has 1 aliphatic rings. The summed E-state index contributed by atoms with van der Waals surface area (Å²) in [6.45, 7) is 1.35. The predicted molar refractivity (Wildman–Crippen MR) is 90.1 cm³/mol. The van der Waals surface area contributed by atoms with Gasteiger partial charge < -0.3 is 10.0 Å². The molecular formula is C16H19N3O3S. The Labute approximate surface area is 138 Å². The fraction of sp³-hybridized carbons (Fsp3) is 0.438. The molecule has 7 heteroatoms. The Morgan fingerprint density at radius 3 is 3.13 bits per heavy atom. The van der Waals surface area contributed by atoms with Crippen molar-refractivity contribution in [1.82, 2.24) is 14.3 Å². The van der Waals surface area contributed by atoms with E-state index in [0.717, 1.165) is 18.6 Å². The normalized spacial score (nSPS) is 18.3. The van der Waals surface area contributed by atoms with Crippen LogP contribution in [0.5, 0.6) is 5.75 Å². The summed E-state index contributed by atoms with van der Waals surface area (Å²) in [7, 11) is 0. The lowest BCUT2D eigenvalue weighted by molar-refractivity contribution is 0.0683. The molecule has 1 aliphatic heterocycles. The van der Waals surface area contributed by atoms with Crippen molar-refractivity contribution in [2.75, 3.05) is 25.1 Å². The van der Waals surface area contributed by atoms with Crippen LogP contribution in [0.15, 0.2) is 29.3 Å². The number of amides is 1. The number of thioether (sulfide) groups is 1. The topological polar surface area (TPSA) is 74.9 Å². The third-order valence-corrected chi connectivity index (χ3v) is 4.96. The molecule has 0 unspecified atom stereocenters. The number of hydrogen-bond acceptors (Lipinski definition) is 5. The molecule has 2 aromatic heterocycles. The summed E-state index contributed by atoms with van der Waals surface area (Å²) in [6.07, 6.45) is 6.92. The van der Waals surface area contributed by atoms with Crippen LogP contribution in [0.3, 0.4) is 0 Å². The van der Waals surface area contributed by atoms with Crippen LogP contribution in [0, 0.1) is 5.92 Å². The van der Waals surface area contributed by atoms with Crippen molar-refractivity contribution in [3.63, 3.8) is 0 Å². The molecule has 122 valence electrons. The monoisotopic (exact) mass is 333 g/mol. The maximum absolute atomic E-state index is 12.7. The second-order valence-corrected chi connectivity index (χ2v) is 6.69. The molecule has 2 aromatic rings. The molecule has 0 bridgehead atoms. The number of carbonyl (C=O) groups is 1. The van der Waals surface area contributed by atoms with E-state index in [4.69, 9.17) is 0 Å². The predicted octanol–water partition coefficient (Wildman–Crippen LogP) is 1.62. The Bertz CT molecular complexity index is 788. The molecule has 3 heterocycles. The Kier molecular flexibility index (Phi) is 4.56. The van der Waals surface area contributed by atoms with Gasteiger partial charge in [0, 0.05) is 25.5 Å². The molecule has 23 heavy (non-hydrogen) atoms. The number of hydrogen-bond donors (Lipinski definition) is 1. The van der Waals surface area contributed by atoms with Crippen LogP contribution in [0.25, 0.3) is 5.65 Å². The van der Waals surface area contributed by atoms with Gasteiger partial charge in [-0.15, -0.1) is 0 Å². The van der Waals surface area contributed by atoms with Gasteiger partial charge in [0.05, 0.1) is 0 Å². The van der Waals surface area contributed by atoms with Crippen molar-refractivity contribution < 1.29 is 9.90 Å². The molecule has 0 saturated carbocycles. The van der Waals surface area contributed by atoms with Crippen LogP contribution in [0.1, 0.15) is 23.2 Å².